The van der Waals surface area contributed by atoms with E-state index in [4.69, 9.17) is 37.8 Å². The lowest BCUT2D eigenvalue weighted by atomic mass is 9.93. The zero-order valence-electron chi connectivity index (χ0n) is 26.4. The van der Waals surface area contributed by atoms with E-state index in [1.807, 2.05) is 49.4 Å². The molecule has 0 spiro atoms. The number of aliphatic carboxylic acids is 1. The molecule has 0 atom stereocenters. The predicted octanol–water partition coefficient (Wildman–Crippen LogP) is 8.92. The Morgan fingerprint density at radius 3 is 2.51 bits per heavy atom. The minimum absolute atomic E-state index is 0.134. The third kappa shape index (κ3) is 8.80. The molecule has 1 heterocycles. The van der Waals surface area contributed by atoms with Crippen molar-refractivity contribution in [2.45, 2.75) is 46.6 Å². The Kier molecular flexibility index (Phi) is 12.7. The summed E-state index contributed by atoms with van der Waals surface area (Å²) in [5, 5.41) is 16.9. The molecule has 0 fully saturated rings. The Morgan fingerprint density at radius 1 is 1.04 bits per heavy atom. The summed E-state index contributed by atoms with van der Waals surface area (Å²) in [6.07, 6.45) is 5.67. The summed E-state index contributed by atoms with van der Waals surface area (Å²) in [4.78, 5) is 10.9. The second-order valence-electron chi connectivity index (χ2n) is 11.0. The first-order chi connectivity index (χ1) is 21.7. The summed E-state index contributed by atoms with van der Waals surface area (Å²) in [6.45, 7) is 9.53. The average molecular weight is 650 g/mol. The maximum atomic E-state index is 10.9. The van der Waals surface area contributed by atoms with Crippen molar-refractivity contribution in [2.24, 2.45) is 0 Å². The molecule has 0 saturated heterocycles. The van der Waals surface area contributed by atoms with Crippen molar-refractivity contribution >= 4 is 34.7 Å². The van der Waals surface area contributed by atoms with E-state index in [2.05, 4.69) is 48.8 Å². The van der Waals surface area contributed by atoms with Gasteiger partial charge in [-0.15, -0.1) is 0 Å². The van der Waals surface area contributed by atoms with Gasteiger partial charge in [0.05, 0.1) is 22.9 Å². The van der Waals surface area contributed by atoms with Gasteiger partial charge in [0.2, 0.25) is 0 Å². The van der Waals surface area contributed by atoms with Crippen LogP contribution in [0.1, 0.15) is 51.2 Å². The van der Waals surface area contributed by atoms with E-state index in [0.29, 0.717) is 36.2 Å². The number of halogens is 2. The molecule has 3 aromatic carbocycles. The van der Waals surface area contributed by atoms with Gasteiger partial charge in [-0.3, -0.25) is 4.79 Å². The number of carboxylic acid groups (broad SMARTS) is 1. The summed E-state index contributed by atoms with van der Waals surface area (Å²) in [5.41, 5.74) is 8.86. The van der Waals surface area contributed by atoms with Gasteiger partial charge in [0.1, 0.15) is 12.4 Å². The van der Waals surface area contributed by atoms with Crippen LogP contribution in [0.25, 0.3) is 27.8 Å². The SMILES string of the molecule is CC/C(C)=C(/C=C\C(CNCCCC(=O)O)=C(/C)OC)c1cccc(-c2cccc(-c3ccc4c(c3)OCCNC4)c2Cl)c1Cl. The van der Waals surface area contributed by atoms with E-state index in [9.17, 15) is 4.79 Å². The molecule has 0 saturated carbocycles. The number of hydrogen-bond acceptors (Lipinski definition) is 5. The molecule has 238 valence electrons. The highest BCUT2D eigenvalue weighted by atomic mass is 35.5. The van der Waals surface area contributed by atoms with Gasteiger partial charge in [-0.2, -0.15) is 0 Å². The number of rotatable bonds is 13. The van der Waals surface area contributed by atoms with Crippen molar-refractivity contribution < 1.29 is 19.4 Å². The summed E-state index contributed by atoms with van der Waals surface area (Å²) in [6, 6.07) is 18.3. The molecule has 3 aromatic rings. The number of hydrogen-bond donors (Lipinski definition) is 3. The Balaban J connectivity index is 1.68. The van der Waals surface area contributed by atoms with E-state index in [0.717, 1.165) is 75.5 Å². The lowest BCUT2D eigenvalue weighted by Crippen LogP contribution is -2.19. The highest BCUT2D eigenvalue weighted by molar-refractivity contribution is 6.39. The van der Waals surface area contributed by atoms with Crippen molar-refractivity contribution in [2.75, 3.05) is 33.4 Å². The molecule has 4 rings (SSSR count). The number of carbonyl (C=O) groups is 1. The fourth-order valence-corrected chi connectivity index (χ4v) is 5.89. The zero-order valence-corrected chi connectivity index (χ0v) is 27.9. The monoisotopic (exact) mass is 648 g/mol. The number of benzene rings is 3. The van der Waals surface area contributed by atoms with Crippen LogP contribution in [0.3, 0.4) is 0 Å². The average Bonchev–Trinajstić information content (AvgIpc) is 3.29. The van der Waals surface area contributed by atoms with Crippen molar-refractivity contribution in [3.05, 3.63) is 105 Å². The Labute approximate surface area is 276 Å². The highest BCUT2D eigenvalue weighted by Gasteiger charge is 2.18. The van der Waals surface area contributed by atoms with Gasteiger partial charge in [-0.05, 0) is 50.4 Å². The van der Waals surface area contributed by atoms with Crippen LogP contribution in [0.15, 0.2) is 83.7 Å². The summed E-state index contributed by atoms with van der Waals surface area (Å²) in [7, 11) is 1.65. The van der Waals surface area contributed by atoms with E-state index in [1.165, 1.54) is 5.57 Å². The smallest absolute Gasteiger partial charge is 0.303 e. The first-order valence-corrected chi connectivity index (χ1v) is 16.1. The molecule has 0 aliphatic carbocycles. The summed E-state index contributed by atoms with van der Waals surface area (Å²) in [5.74, 6) is 0.871. The fourth-order valence-electron chi connectivity index (χ4n) is 5.23. The number of nitrogens with one attached hydrogen (secondary N) is 2. The maximum Gasteiger partial charge on any atom is 0.303 e. The lowest BCUT2D eigenvalue weighted by molar-refractivity contribution is -0.137. The summed E-state index contributed by atoms with van der Waals surface area (Å²) < 4.78 is 11.5. The van der Waals surface area contributed by atoms with Gasteiger partial charge in [0.25, 0.3) is 0 Å². The molecule has 8 heteroatoms. The van der Waals surface area contributed by atoms with Crippen molar-refractivity contribution in [1.29, 1.82) is 0 Å². The minimum atomic E-state index is -0.793. The van der Waals surface area contributed by atoms with Crippen LogP contribution >= 0.6 is 23.2 Å². The second kappa shape index (κ2) is 16.7. The molecule has 0 aromatic heterocycles. The van der Waals surface area contributed by atoms with Crippen LogP contribution < -0.4 is 15.4 Å². The number of ether oxygens (including phenoxy) is 2. The molecule has 0 radical (unpaired) electrons. The predicted molar refractivity (Wildman–Crippen MR) is 186 cm³/mol. The first-order valence-electron chi connectivity index (χ1n) is 15.3. The quantitative estimate of drug-likeness (QED) is 0.0975. The van der Waals surface area contributed by atoms with Crippen molar-refractivity contribution in [3.8, 4) is 28.0 Å². The molecule has 1 aliphatic rings. The fraction of sp³-hybridized carbons (Fsp3) is 0.324. The molecule has 1 aliphatic heterocycles. The molecule has 45 heavy (non-hydrogen) atoms. The standard InChI is InChI=1S/C37H42Cl2N2O4/c1-5-24(2)29(17-16-27(25(3)44-4)22-40-18-8-13-35(42)43)31-10-7-12-33(37(31)39)32-11-6-9-30(36(32)38)26-14-15-28-23-41-19-20-45-34(28)21-26/h6-7,9-12,14-17,21,40-41H,5,8,13,18-20,22-23H2,1-4H3,(H,42,43)/b17-16-,27-25-,29-24-. The Morgan fingerprint density at radius 2 is 1.78 bits per heavy atom. The van der Waals surface area contributed by atoms with Crippen molar-refractivity contribution in [3.63, 3.8) is 0 Å². The van der Waals surface area contributed by atoms with Gasteiger partial charge in [0.15, 0.2) is 0 Å². The summed E-state index contributed by atoms with van der Waals surface area (Å²) >= 11 is 14.4. The zero-order chi connectivity index (χ0) is 32.3. The first kappa shape index (κ1) is 34.3. The van der Waals surface area contributed by atoms with E-state index >= 15 is 0 Å². The number of fused-ring (bicyclic) bond motifs is 1. The molecule has 3 N–H and O–H groups in total. The number of methoxy groups -OCH3 is 1. The van der Waals surface area contributed by atoms with Gasteiger partial charge in [-0.25, -0.2) is 0 Å². The van der Waals surface area contributed by atoms with Crippen LogP contribution in [0.5, 0.6) is 5.75 Å². The largest absolute Gasteiger partial charge is 0.501 e. The van der Waals surface area contributed by atoms with Crippen molar-refractivity contribution in [1.82, 2.24) is 10.6 Å². The van der Waals surface area contributed by atoms with Crippen LogP contribution in [-0.2, 0) is 16.1 Å². The number of allylic oxidation sites excluding steroid dienone is 4. The molecular weight excluding hydrogens is 607 g/mol. The number of carboxylic acids is 1. The molecule has 0 amide bonds. The topological polar surface area (TPSA) is 79.8 Å². The van der Waals surface area contributed by atoms with Gasteiger partial charge >= 0.3 is 5.97 Å². The van der Waals surface area contributed by atoms with Crippen LogP contribution in [0.2, 0.25) is 10.0 Å². The normalized spacial score (nSPS) is 14.3. The van der Waals surface area contributed by atoms with Gasteiger partial charge in [0, 0.05) is 59.4 Å². The molecular formula is C37H42Cl2N2O4. The third-order valence-corrected chi connectivity index (χ3v) is 8.88. The van der Waals surface area contributed by atoms with Crippen LogP contribution in [0, 0.1) is 0 Å². The maximum absolute atomic E-state index is 10.9. The minimum Gasteiger partial charge on any atom is -0.501 e. The van der Waals surface area contributed by atoms with Gasteiger partial charge in [-0.1, -0.05) is 96.4 Å². The van der Waals surface area contributed by atoms with Crippen LogP contribution in [0.4, 0.5) is 0 Å². The van der Waals surface area contributed by atoms with E-state index < -0.39 is 5.97 Å². The van der Waals surface area contributed by atoms with Gasteiger partial charge < -0.3 is 25.2 Å². The molecule has 6 nitrogen and oxygen atoms in total. The second-order valence-corrected chi connectivity index (χ2v) is 11.8. The molecule has 0 unspecified atom stereocenters. The van der Waals surface area contributed by atoms with E-state index in [-0.39, 0.29) is 6.42 Å². The molecule has 0 bridgehead atoms. The Hall–Kier alpha value is -3.55. The lowest BCUT2D eigenvalue weighted by Gasteiger charge is -2.17. The highest BCUT2D eigenvalue weighted by Crippen LogP contribution is 2.43. The van der Waals surface area contributed by atoms with E-state index in [1.54, 1.807) is 7.11 Å². The van der Waals surface area contributed by atoms with Crippen LogP contribution in [-0.4, -0.2) is 44.4 Å². The third-order valence-electron chi connectivity index (χ3n) is 8.07. The Bertz CT molecular complexity index is 1610.